The molecule has 0 spiro atoms. The Morgan fingerprint density at radius 2 is 1.94 bits per heavy atom. The first-order valence-corrected chi connectivity index (χ1v) is 6.73. The molecule has 1 aromatic rings. The third kappa shape index (κ3) is 5.54. The van der Waals surface area contributed by atoms with Crippen molar-refractivity contribution in [3.8, 4) is 0 Å². The van der Waals surface area contributed by atoms with Crippen LogP contribution in [0.25, 0.3) is 0 Å². The van der Waals surface area contributed by atoms with Gasteiger partial charge in [0.05, 0.1) is 5.94 Å². The highest BCUT2D eigenvalue weighted by atomic mass is 32.2. The van der Waals surface area contributed by atoms with Gasteiger partial charge >= 0.3 is 0 Å². The Bertz CT molecular complexity index is 284. The van der Waals surface area contributed by atoms with Crippen molar-refractivity contribution in [2.24, 2.45) is 0 Å². The smallest absolute Gasteiger partial charge is 0.0966 e. The van der Waals surface area contributed by atoms with Crippen LogP contribution < -0.4 is 5.32 Å². The van der Waals surface area contributed by atoms with Crippen molar-refractivity contribution in [1.29, 1.82) is 0 Å². The molecule has 3 heteroatoms. The summed E-state index contributed by atoms with van der Waals surface area (Å²) in [5.74, 6) is 0.736. The van der Waals surface area contributed by atoms with Gasteiger partial charge < -0.3 is 10.1 Å². The van der Waals surface area contributed by atoms with Crippen molar-refractivity contribution in [3.63, 3.8) is 0 Å². The van der Waals surface area contributed by atoms with E-state index in [2.05, 4.69) is 43.4 Å². The van der Waals surface area contributed by atoms with Crippen molar-refractivity contribution < 1.29 is 4.74 Å². The average Bonchev–Trinajstić information content (AvgIpc) is 2.28. The molecule has 0 aliphatic carbocycles. The van der Waals surface area contributed by atoms with Gasteiger partial charge in [-0.05, 0) is 24.6 Å². The van der Waals surface area contributed by atoms with Gasteiger partial charge in [-0.15, -0.1) is 0 Å². The van der Waals surface area contributed by atoms with Crippen LogP contribution in [0.1, 0.15) is 26.3 Å². The molecule has 0 unspecified atom stereocenters. The number of hydrogen-bond donors (Lipinski definition) is 1. The maximum Gasteiger partial charge on any atom is 0.0966 e. The van der Waals surface area contributed by atoms with Gasteiger partial charge in [0.15, 0.2) is 0 Å². The topological polar surface area (TPSA) is 21.3 Å². The molecule has 0 radical (unpaired) electrons. The summed E-state index contributed by atoms with van der Waals surface area (Å²) in [7, 11) is 0. The Hall–Kier alpha value is -0.510. The van der Waals surface area contributed by atoms with Crippen molar-refractivity contribution in [3.05, 3.63) is 29.8 Å². The lowest BCUT2D eigenvalue weighted by Gasteiger charge is -2.08. The van der Waals surface area contributed by atoms with E-state index >= 15 is 0 Å². The minimum Gasteiger partial charge on any atom is -0.371 e. The van der Waals surface area contributed by atoms with E-state index in [1.807, 2.05) is 6.92 Å². The van der Waals surface area contributed by atoms with E-state index in [4.69, 9.17) is 4.74 Å². The fourth-order valence-corrected chi connectivity index (χ4v) is 1.93. The Balaban J connectivity index is 2.35. The van der Waals surface area contributed by atoms with E-state index < -0.39 is 0 Å². The van der Waals surface area contributed by atoms with Crippen LogP contribution in [-0.2, 0) is 11.3 Å². The second kappa shape index (κ2) is 7.71. The molecule has 1 N–H and O–H groups in total. The van der Waals surface area contributed by atoms with Crippen LogP contribution in [-0.4, -0.2) is 18.6 Å². The molecule has 1 rings (SSSR count). The minimum atomic E-state index is 0.534. The first-order chi connectivity index (χ1) is 7.72. The van der Waals surface area contributed by atoms with Gasteiger partial charge in [-0.1, -0.05) is 37.7 Å². The molecule has 0 aromatic heterocycles. The van der Waals surface area contributed by atoms with E-state index in [0.717, 1.165) is 19.1 Å². The van der Waals surface area contributed by atoms with Gasteiger partial charge in [0.2, 0.25) is 0 Å². The quantitative estimate of drug-likeness (QED) is 0.448. The third-order valence-corrected chi connectivity index (χ3v) is 3.04. The van der Waals surface area contributed by atoms with Gasteiger partial charge in [-0.3, -0.25) is 0 Å². The monoisotopic (exact) mass is 239 g/mol. The molecule has 0 fully saturated rings. The summed E-state index contributed by atoms with van der Waals surface area (Å²) in [4.78, 5) is 1.27. The van der Waals surface area contributed by atoms with Crippen LogP contribution >= 0.6 is 11.8 Å². The van der Waals surface area contributed by atoms with Gasteiger partial charge in [0.1, 0.15) is 0 Å². The molecule has 0 atom stereocenters. The predicted molar refractivity (Wildman–Crippen MR) is 70.8 cm³/mol. The van der Waals surface area contributed by atoms with Crippen LogP contribution in [0.4, 0.5) is 0 Å². The number of nitrogens with one attached hydrogen (secondary N) is 1. The Labute approximate surface area is 103 Å². The molecule has 0 saturated carbocycles. The summed E-state index contributed by atoms with van der Waals surface area (Å²) < 4.78 is 5.30. The minimum absolute atomic E-state index is 0.534. The fourth-order valence-electron chi connectivity index (χ4n) is 1.22. The summed E-state index contributed by atoms with van der Waals surface area (Å²) >= 11 is 1.74. The summed E-state index contributed by atoms with van der Waals surface area (Å²) in [6.45, 7) is 8.05. The Morgan fingerprint density at radius 1 is 1.25 bits per heavy atom. The number of ether oxygens (including phenoxy) is 1. The van der Waals surface area contributed by atoms with Crippen molar-refractivity contribution >= 4 is 11.8 Å². The molecule has 90 valence electrons. The molecule has 0 amide bonds. The van der Waals surface area contributed by atoms with E-state index in [1.165, 1.54) is 10.5 Å². The first-order valence-electron chi connectivity index (χ1n) is 5.75. The van der Waals surface area contributed by atoms with E-state index in [1.54, 1.807) is 11.8 Å². The van der Waals surface area contributed by atoms with E-state index in [-0.39, 0.29) is 0 Å². The second-order valence-corrected chi connectivity index (χ2v) is 4.93. The predicted octanol–water partition coefficient (Wildman–Crippen LogP) is 3.27. The zero-order chi connectivity index (χ0) is 11.8. The molecule has 0 aliphatic heterocycles. The number of thioether (sulfide) groups is 1. The maximum atomic E-state index is 5.30. The maximum absolute atomic E-state index is 5.30. The van der Waals surface area contributed by atoms with Crippen molar-refractivity contribution in [2.45, 2.75) is 38.3 Å². The van der Waals surface area contributed by atoms with Crippen LogP contribution in [0.15, 0.2) is 29.2 Å². The third-order valence-electron chi connectivity index (χ3n) is 2.15. The van der Waals surface area contributed by atoms with E-state index in [9.17, 15) is 0 Å². The zero-order valence-electron chi connectivity index (χ0n) is 10.3. The largest absolute Gasteiger partial charge is 0.371 e. The standard InChI is InChI=1S/C13H21NOS/c1-4-15-10-16-13-7-5-12(6-8-13)9-14-11(2)3/h5-8,11,14H,4,9-10H2,1-3H3. The van der Waals surface area contributed by atoms with Crippen LogP contribution in [0.2, 0.25) is 0 Å². The van der Waals surface area contributed by atoms with Crippen molar-refractivity contribution in [2.75, 3.05) is 12.5 Å². The molecule has 0 heterocycles. The van der Waals surface area contributed by atoms with Crippen molar-refractivity contribution in [1.82, 2.24) is 5.32 Å². The molecule has 0 aliphatic rings. The lowest BCUT2D eigenvalue weighted by molar-refractivity contribution is 0.199. The summed E-state index contributed by atoms with van der Waals surface area (Å²) in [6, 6.07) is 9.18. The highest BCUT2D eigenvalue weighted by Gasteiger charge is 1.97. The first kappa shape index (κ1) is 13.6. The van der Waals surface area contributed by atoms with Crippen LogP contribution in [0.3, 0.4) is 0 Å². The van der Waals surface area contributed by atoms with Gasteiger partial charge in [0.25, 0.3) is 0 Å². The molecule has 16 heavy (non-hydrogen) atoms. The molecule has 0 bridgehead atoms. The molecule has 0 saturated heterocycles. The summed E-state index contributed by atoms with van der Waals surface area (Å²) in [5.41, 5.74) is 1.33. The highest BCUT2D eigenvalue weighted by Crippen LogP contribution is 2.18. The Kier molecular flexibility index (Phi) is 6.53. The van der Waals surface area contributed by atoms with E-state index in [0.29, 0.717) is 6.04 Å². The number of hydrogen-bond acceptors (Lipinski definition) is 3. The number of rotatable bonds is 7. The highest BCUT2D eigenvalue weighted by molar-refractivity contribution is 7.99. The molecular weight excluding hydrogens is 218 g/mol. The Morgan fingerprint density at radius 3 is 2.50 bits per heavy atom. The van der Waals surface area contributed by atoms with Gasteiger partial charge in [-0.2, -0.15) is 0 Å². The summed E-state index contributed by atoms with van der Waals surface area (Å²) in [5, 5.41) is 3.40. The number of benzene rings is 1. The molecular formula is C13H21NOS. The zero-order valence-corrected chi connectivity index (χ0v) is 11.1. The molecule has 1 aromatic carbocycles. The molecule has 2 nitrogen and oxygen atoms in total. The van der Waals surface area contributed by atoms with Crippen LogP contribution in [0.5, 0.6) is 0 Å². The summed E-state index contributed by atoms with van der Waals surface area (Å²) in [6.07, 6.45) is 0. The second-order valence-electron chi connectivity index (χ2n) is 3.93. The fraction of sp³-hybridized carbons (Fsp3) is 0.538. The average molecular weight is 239 g/mol. The van der Waals surface area contributed by atoms with Gasteiger partial charge in [0, 0.05) is 24.1 Å². The SMILES string of the molecule is CCOCSc1ccc(CNC(C)C)cc1. The lowest BCUT2D eigenvalue weighted by Crippen LogP contribution is -2.21. The normalized spacial score (nSPS) is 11.0. The van der Waals surface area contributed by atoms with Gasteiger partial charge in [-0.25, -0.2) is 0 Å². The lowest BCUT2D eigenvalue weighted by atomic mass is 10.2. The van der Waals surface area contributed by atoms with Crippen LogP contribution in [0, 0.1) is 0 Å².